The molecule has 0 aliphatic carbocycles. The van der Waals surface area contributed by atoms with Crippen molar-refractivity contribution in [1.29, 1.82) is 0 Å². The fraction of sp³-hybridized carbons (Fsp3) is 0.190. The summed E-state index contributed by atoms with van der Waals surface area (Å²) in [5.74, 6) is 1.39. The van der Waals surface area contributed by atoms with Crippen molar-refractivity contribution in [3.63, 3.8) is 0 Å². The molecule has 132 valence electrons. The molecule has 0 bridgehead atoms. The molecule has 0 atom stereocenters. The monoisotopic (exact) mass is 348 g/mol. The Hall–Kier alpha value is -3.21. The summed E-state index contributed by atoms with van der Waals surface area (Å²) in [5, 5.41) is 2.91. The lowest BCUT2D eigenvalue weighted by atomic mass is 10.1. The topological polar surface area (TPSA) is 60.3 Å². The van der Waals surface area contributed by atoms with E-state index in [9.17, 15) is 4.79 Å². The van der Waals surface area contributed by atoms with Gasteiger partial charge in [-0.25, -0.2) is 0 Å². The van der Waals surface area contributed by atoms with Gasteiger partial charge in [0.05, 0.1) is 18.3 Å². The maximum absolute atomic E-state index is 12.7. The quantitative estimate of drug-likeness (QED) is 0.581. The Morgan fingerprint density at radius 3 is 2.65 bits per heavy atom. The summed E-state index contributed by atoms with van der Waals surface area (Å²) in [6.45, 7) is 4.92. The third kappa shape index (κ3) is 3.16. The Kier molecular flexibility index (Phi) is 4.13. The van der Waals surface area contributed by atoms with Crippen molar-refractivity contribution in [3.8, 4) is 0 Å². The number of hydrogen-bond donors (Lipinski definition) is 1. The Morgan fingerprint density at radius 2 is 1.92 bits per heavy atom. The van der Waals surface area contributed by atoms with E-state index < -0.39 is 0 Å². The number of aryl methyl sites for hydroxylation is 2. The van der Waals surface area contributed by atoms with E-state index in [2.05, 4.69) is 36.5 Å². The van der Waals surface area contributed by atoms with Crippen LogP contribution in [0.15, 0.2) is 63.6 Å². The lowest BCUT2D eigenvalue weighted by Gasteiger charge is -2.10. The van der Waals surface area contributed by atoms with E-state index in [1.165, 1.54) is 5.56 Å². The van der Waals surface area contributed by atoms with Crippen LogP contribution in [0.4, 0.5) is 0 Å². The number of carbonyl (C=O) groups is 1. The molecule has 5 nitrogen and oxygen atoms in total. The number of hydrogen-bond acceptors (Lipinski definition) is 3. The molecular formula is C21H20N2O3. The zero-order valence-corrected chi connectivity index (χ0v) is 14.8. The molecule has 0 aliphatic heterocycles. The first-order valence-electron chi connectivity index (χ1n) is 8.56. The van der Waals surface area contributed by atoms with E-state index >= 15 is 0 Å². The molecule has 0 aliphatic rings. The predicted octanol–water partition coefficient (Wildman–Crippen LogP) is 4.42. The molecule has 0 radical (unpaired) electrons. The van der Waals surface area contributed by atoms with E-state index in [0.29, 0.717) is 18.8 Å². The van der Waals surface area contributed by atoms with Crippen molar-refractivity contribution < 1.29 is 13.6 Å². The fourth-order valence-corrected chi connectivity index (χ4v) is 3.07. The van der Waals surface area contributed by atoms with Crippen molar-refractivity contribution in [3.05, 3.63) is 83.1 Å². The van der Waals surface area contributed by atoms with Crippen LogP contribution in [0.3, 0.4) is 0 Å². The largest absolute Gasteiger partial charge is 0.467 e. The molecule has 3 heterocycles. The summed E-state index contributed by atoms with van der Waals surface area (Å²) in [6.07, 6.45) is 1.59. The molecule has 0 unspecified atom stereocenters. The standard InChI is InChI=1S/C21H20N2O3/c1-14-5-7-16(8-6-14)13-23-18-10-15(2)26-20(18)11-19(23)21(24)22-12-17-4-3-9-25-17/h3-11H,12-13H2,1-2H3,(H,22,24). The number of amides is 1. The number of rotatable bonds is 5. The summed E-state index contributed by atoms with van der Waals surface area (Å²) < 4.78 is 13.0. The molecule has 1 N–H and O–H groups in total. The van der Waals surface area contributed by atoms with Crippen molar-refractivity contribution in [2.45, 2.75) is 26.9 Å². The second-order valence-corrected chi connectivity index (χ2v) is 6.47. The summed E-state index contributed by atoms with van der Waals surface area (Å²) >= 11 is 0. The molecule has 4 rings (SSSR count). The Labute approximate surface area is 151 Å². The van der Waals surface area contributed by atoms with Gasteiger partial charge in [-0.15, -0.1) is 0 Å². The van der Waals surface area contributed by atoms with Gasteiger partial charge in [-0.05, 0) is 31.5 Å². The van der Waals surface area contributed by atoms with Crippen molar-refractivity contribution in [2.24, 2.45) is 0 Å². The summed E-state index contributed by atoms with van der Waals surface area (Å²) in [6, 6.07) is 15.7. The number of carbonyl (C=O) groups excluding carboxylic acids is 1. The van der Waals surface area contributed by atoms with E-state index in [4.69, 9.17) is 8.83 Å². The second-order valence-electron chi connectivity index (χ2n) is 6.47. The maximum atomic E-state index is 12.7. The predicted molar refractivity (Wildman–Crippen MR) is 99.1 cm³/mol. The molecule has 0 fully saturated rings. The lowest BCUT2D eigenvalue weighted by Crippen LogP contribution is -2.25. The molecule has 0 saturated carbocycles. The Morgan fingerprint density at radius 1 is 1.12 bits per heavy atom. The van der Waals surface area contributed by atoms with Crippen molar-refractivity contribution >= 4 is 17.0 Å². The number of nitrogens with one attached hydrogen (secondary N) is 1. The molecule has 1 aromatic carbocycles. The average Bonchev–Trinajstić information content (AvgIpc) is 3.32. The van der Waals surface area contributed by atoms with Gasteiger partial charge in [-0.2, -0.15) is 0 Å². The van der Waals surface area contributed by atoms with Crippen LogP contribution in [-0.4, -0.2) is 10.5 Å². The number of fused-ring (bicyclic) bond motifs is 1. The van der Waals surface area contributed by atoms with E-state index in [0.717, 1.165) is 28.2 Å². The Balaban J connectivity index is 1.65. The first kappa shape index (κ1) is 16.3. The van der Waals surface area contributed by atoms with Gasteiger partial charge in [0.25, 0.3) is 5.91 Å². The smallest absolute Gasteiger partial charge is 0.268 e. The molecule has 26 heavy (non-hydrogen) atoms. The lowest BCUT2D eigenvalue weighted by molar-refractivity contribution is 0.0939. The summed E-state index contributed by atoms with van der Waals surface area (Å²) in [5.41, 5.74) is 4.56. The van der Waals surface area contributed by atoms with Crippen LogP contribution in [0, 0.1) is 13.8 Å². The summed E-state index contributed by atoms with van der Waals surface area (Å²) in [4.78, 5) is 12.7. The van der Waals surface area contributed by atoms with Crippen LogP contribution in [-0.2, 0) is 13.1 Å². The SMILES string of the molecule is Cc1ccc(Cn2c(C(=O)NCc3ccco3)cc3oc(C)cc32)cc1. The van der Waals surface area contributed by atoms with Gasteiger partial charge < -0.3 is 18.7 Å². The van der Waals surface area contributed by atoms with Gasteiger partial charge in [0.2, 0.25) is 0 Å². The first-order chi connectivity index (χ1) is 12.6. The second kappa shape index (κ2) is 6.59. The van der Waals surface area contributed by atoms with Crippen molar-refractivity contribution in [1.82, 2.24) is 9.88 Å². The number of aromatic nitrogens is 1. The van der Waals surface area contributed by atoms with Gasteiger partial charge in [-0.1, -0.05) is 29.8 Å². The van der Waals surface area contributed by atoms with Crippen LogP contribution in [0.25, 0.3) is 11.1 Å². The minimum absolute atomic E-state index is 0.155. The zero-order valence-electron chi connectivity index (χ0n) is 14.8. The van der Waals surface area contributed by atoms with Crippen molar-refractivity contribution in [2.75, 3.05) is 0 Å². The molecule has 4 aromatic rings. The maximum Gasteiger partial charge on any atom is 0.268 e. The summed E-state index contributed by atoms with van der Waals surface area (Å²) in [7, 11) is 0. The van der Waals surface area contributed by atoms with Gasteiger partial charge in [0.1, 0.15) is 17.2 Å². The minimum atomic E-state index is -0.155. The van der Waals surface area contributed by atoms with E-state index in [1.807, 2.05) is 23.6 Å². The van der Waals surface area contributed by atoms with Gasteiger partial charge in [-0.3, -0.25) is 4.79 Å². The highest BCUT2D eigenvalue weighted by atomic mass is 16.3. The molecule has 0 saturated heterocycles. The highest BCUT2D eigenvalue weighted by Gasteiger charge is 2.18. The highest BCUT2D eigenvalue weighted by molar-refractivity contribution is 5.97. The average molecular weight is 348 g/mol. The minimum Gasteiger partial charge on any atom is -0.467 e. The molecular weight excluding hydrogens is 328 g/mol. The van der Waals surface area contributed by atoms with E-state index in [-0.39, 0.29) is 5.91 Å². The van der Waals surface area contributed by atoms with Crippen LogP contribution in [0.2, 0.25) is 0 Å². The third-order valence-electron chi connectivity index (χ3n) is 4.41. The Bertz CT molecular complexity index is 1040. The highest BCUT2D eigenvalue weighted by Crippen LogP contribution is 2.25. The van der Waals surface area contributed by atoms with Crippen LogP contribution in [0.5, 0.6) is 0 Å². The molecule has 3 aromatic heterocycles. The third-order valence-corrected chi connectivity index (χ3v) is 4.41. The normalized spacial score (nSPS) is 11.2. The zero-order chi connectivity index (χ0) is 18.1. The van der Waals surface area contributed by atoms with Gasteiger partial charge >= 0.3 is 0 Å². The van der Waals surface area contributed by atoms with Gasteiger partial charge in [0, 0.05) is 18.7 Å². The molecule has 1 amide bonds. The number of furan rings is 2. The van der Waals surface area contributed by atoms with Crippen LogP contribution < -0.4 is 5.32 Å². The number of benzene rings is 1. The fourth-order valence-electron chi connectivity index (χ4n) is 3.07. The molecule has 5 heteroatoms. The van der Waals surface area contributed by atoms with Crippen LogP contribution in [0.1, 0.15) is 33.1 Å². The van der Waals surface area contributed by atoms with Crippen LogP contribution >= 0.6 is 0 Å². The molecule has 0 spiro atoms. The van der Waals surface area contributed by atoms with E-state index in [1.54, 1.807) is 18.4 Å². The van der Waals surface area contributed by atoms with Gasteiger partial charge in [0.15, 0.2) is 5.58 Å². The number of nitrogens with zero attached hydrogens (tertiary/aromatic N) is 1. The first-order valence-corrected chi connectivity index (χ1v) is 8.56.